The molecule has 1 atom stereocenters. The Balaban J connectivity index is 1.52. The van der Waals surface area contributed by atoms with Gasteiger partial charge in [0.05, 0.1) is 6.54 Å². The second-order valence-electron chi connectivity index (χ2n) is 6.94. The first-order valence-corrected chi connectivity index (χ1v) is 9.36. The van der Waals surface area contributed by atoms with Crippen molar-refractivity contribution < 1.29 is 14.3 Å². The molecule has 6 nitrogen and oxygen atoms in total. The summed E-state index contributed by atoms with van der Waals surface area (Å²) in [5, 5.41) is 0. The maximum atomic E-state index is 12.5. The summed E-state index contributed by atoms with van der Waals surface area (Å²) in [5.74, 6) is -0.00804. The first-order valence-electron chi connectivity index (χ1n) is 9.36. The van der Waals surface area contributed by atoms with Crippen LogP contribution in [0.2, 0.25) is 0 Å². The largest absolute Gasteiger partial charge is 0.458 e. The molecule has 1 aliphatic heterocycles. The maximum Gasteiger partial charge on any atom is 0.317 e. The Morgan fingerprint density at radius 2 is 1.81 bits per heavy atom. The van der Waals surface area contributed by atoms with Crippen LogP contribution in [0.5, 0.6) is 6.01 Å². The zero-order chi connectivity index (χ0) is 19.2. The molecule has 1 saturated heterocycles. The van der Waals surface area contributed by atoms with Gasteiger partial charge in [0.2, 0.25) is 5.91 Å². The maximum absolute atomic E-state index is 12.5. The first kappa shape index (κ1) is 19.0. The first-order chi connectivity index (χ1) is 13.0. The van der Waals surface area contributed by atoms with E-state index in [2.05, 4.69) is 9.97 Å². The molecule has 1 aromatic carbocycles. The summed E-state index contributed by atoms with van der Waals surface area (Å²) in [5.41, 5.74) is 2.37. The minimum absolute atomic E-state index is 0.00241. The number of nitrogens with zero attached hydrogens (tertiary/aromatic N) is 3. The molecule has 2 heterocycles. The van der Waals surface area contributed by atoms with Crippen LogP contribution < -0.4 is 4.74 Å². The van der Waals surface area contributed by atoms with Crippen LogP contribution in [0.1, 0.15) is 47.4 Å². The van der Waals surface area contributed by atoms with Crippen molar-refractivity contribution in [2.75, 3.05) is 13.1 Å². The van der Waals surface area contributed by atoms with Crippen molar-refractivity contribution in [1.29, 1.82) is 0 Å². The SMILES string of the molecule is Cc1cc(C)nc(OC2CCCN(C(=O)CCC(=O)c3ccccc3)C2)n1. The number of aromatic nitrogens is 2. The lowest BCUT2D eigenvalue weighted by Crippen LogP contribution is -2.44. The second-order valence-corrected chi connectivity index (χ2v) is 6.94. The molecule has 2 aromatic rings. The van der Waals surface area contributed by atoms with Crippen LogP contribution in [0, 0.1) is 13.8 Å². The average molecular weight is 367 g/mol. The van der Waals surface area contributed by atoms with Gasteiger partial charge < -0.3 is 9.64 Å². The minimum atomic E-state index is -0.117. The highest BCUT2D eigenvalue weighted by molar-refractivity contribution is 5.97. The Bertz CT molecular complexity index is 787. The molecule has 0 saturated carbocycles. The van der Waals surface area contributed by atoms with Crippen molar-refractivity contribution in [2.45, 2.75) is 45.6 Å². The lowest BCUT2D eigenvalue weighted by Gasteiger charge is -2.32. The topological polar surface area (TPSA) is 72.4 Å². The predicted molar refractivity (Wildman–Crippen MR) is 102 cm³/mol. The van der Waals surface area contributed by atoms with Gasteiger partial charge in [0, 0.05) is 36.3 Å². The Morgan fingerprint density at radius 3 is 2.52 bits per heavy atom. The van der Waals surface area contributed by atoms with E-state index in [1.807, 2.05) is 38.1 Å². The second kappa shape index (κ2) is 8.75. The van der Waals surface area contributed by atoms with Crippen molar-refractivity contribution >= 4 is 11.7 Å². The Kier molecular flexibility index (Phi) is 6.16. The molecule has 27 heavy (non-hydrogen) atoms. The zero-order valence-electron chi connectivity index (χ0n) is 15.9. The van der Waals surface area contributed by atoms with E-state index in [9.17, 15) is 9.59 Å². The number of amides is 1. The number of aryl methyl sites for hydroxylation is 2. The number of carbonyl (C=O) groups excluding carboxylic acids is 2. The average Bonchev–Trinajstić information content (AvgIpc) is 2.66. The number of hydrogen-bond donors (Lipinski definition) is 0. The number of carbonyl (C=O) groups is 2. The van der Waals surface area contributed by atoms with Gasteiger partial charge in [-0.25, -0.2) is 9.97 Å². The molecular formula is C21H25N3O3. The van der Waals surface area contributed by atoms with Gasteiger partial charge in [-0.2, -0.15) is 0 Å². The third-order valence-electron chi connectivity index (χ3n) is 4.63. The Labute approximate surface area is 159 Å². The fourth-order valence-corrected chi connectivity index (χ4v) is 3.30. The Hall–Kier alpha value is -2.76. The molecule has 1 amide bonds. The van der Waals surface area contributed by atoms with Gasteiger partial charge in [-0.1, -0.05) is 30.3 Å². The van der Waals surface area contributed by atoms with Crippen LogP contribution in [0.3, 0.4) is 0 Å². The van der Waals surface area contributed by atoms with E-state index in [4.69, 9.17) is 4.74 Å². The normalized spacial score (nSPS) is 16.8. The van der Waals surface area contributed by atoms with Crippen LogP contribution in [-0.4, -0.2) is 45.8 Å². The summed E-state index contributed by atoms with van der Waals surface area (Å²) in [4.78, 5) is 35.1. The number of ether oxygens (including phenoxy) is 1. The molecule has 1 fully saturated rings. The van der Waals surface area contributed by atoms with Crippen molar-refractivity contribution in [3.63, 3.8) is 0 Å². The van der Waals surface area contributed by atoms with Gasteiger partial charge in [-0.05, 0) is 32.8 Å². The summed E-state index contributed by atoms with van der Waals surface area (Å²) >= 11 is 0. The lowest BCUT2D eigenvalue weighted by atomic mass is 10.0. The third kappa shape index (κ3) is 5.36. The number of Topliss-reactive ketones (excluding diaryl/α,β-unsaturated/α-hetero) is 1. The fraction of sp³-hybridized carbons (Fsp3) is 0.429. The molecule has 3 rings (SSSR count). The number of rotatable bonds is 6. The van der Waals surface area contributed by atoms with E-state index in [0.29, 0.717) is 24.7 Å². The highest BCUT2D eigenvalue weighted by Gasteiger charge is 2.26. The highest BCUT2D eigenvalue weighted by atomic mass is 16.5. The van der Waals surface area contributed by atoms with Crippen molar-refractivity contribution in [3.8, 4) is 6.01 Å². The van der Waals surface area contributed by atoms with Crippen LogP contribution >= 0.6 is 0 Å². The monoisotopic (exact) mass is 367 g/mol. The van der Waals surface area contributed by atoms with Gasteiger partial charge in [0.1, 0.15) is 6.10 Å². The Morgan fingerprint density at radius 1 is 1.11 bits per heavy atom. The molecule has 0 spiro atoms. The number of hydrogen-bond acceptors (Lipinski definition) is 5. The lowest BCUT2D eigenvalue weighted by molar-refractivity contribution is -0.133. The molecule has 6 heteroatoms. The summed E-state index contributed by atoms with van der Waals surface area (Å²) < 4.78 is 5.91. The molecule has 0 aliphatic carbocycles. The van der Waals surface area contributed by atoms with Gasteiger partial charge in [-0.15, -0.1) is 0 Å². The minimum Gasteiger partial charge on any atom is -0.458 e. The molecule has 0 radical (unpaired) electrons. The molecule has 1 aromatic heterocycles. The molecule has 0 bridgehead atoms. The van der Waals surface area contributed by atoms with E-state index in [1.165, 1.54) is 0 Å². The number of likely N-dealkylation sites (tertiary alicyclic amines) is 1. The van der Waals surface area contributed by atoms with Gasteiger partial charge in [-0.3, -0.25) is 9.59 Å². The summed E-state index contributed by atoms with van der Waals surface area (Å²) in [6.07, 6.45) is 2.07. The summed E-state index contributed by atoms with van der Waals surface area (Å²) in [6.45, 7) is 5.02. The van der Waals surface area contributed by atoms with Crippen LogP contribution in [0.4, 0.5) is 0 Å². The van der Waals surface area contributed by atoms with E-state index >= 15 is 0 Å². The highest BCUT2D eigenvalue weighted by Crippen LogP contribution is 2.18. The quantitative estimate of drug-likeness (QED) is 0.734. The van der Waals surface area contributed by atoms with E-state index in [1.54, 1.807) is 17.0 Å². The van der Waals surface area contributed by atoms with Gasteiger partial charge in [0.25, 0.3) is 0 Å². The summed E-state index contributed by atoms with van der Waals surface area (Å²) in [6, 6.07) is 11.4. The van der Waals surface area contributed by atoms with Crippen LogP contribution in [-0.2, 0) is 4.79 Å². The van der Waals surface area contributed by atoms with Gasteiger partial charge >= 0.3 is 6.01 Å². The standard InChI is InChI=1S/C21H25N3O3/c1-15-13-16(2)23-21(22-15)27-18-9-6-12-24(14-18)20(26)11-10-19(25)17-7-4-3-5-8-17/h3-5,7-8,13,18H,6,9-12,14H2,1-2H3. The number of ketones is 1. The van der Waals surface area contributed by atoms with Crippen molar-refractivity contribution in [3.05, 3.63) is 53.3 Å². The number of benzene rings is 1. The van der Waals surface area contributed by atoms with Crippen molar-refractivity contribution in [2.24, 2.45) is 0 Å². The predicted octanol–water partition coefficient (Wildman–Crippen LogP) is 3.13. The summed E-state index contributed by atoms with van der Waals surface area (Å²) in [7, 11) is 0. The third-order valence-corrected chi connectivity index (χ3v) is 4.63. The molecular weight excluding hydrogens is 342 g/mol. The fourth-order valence-electron chi connectivity index (χ4n) is 3.30. The van der Waals surface area contributed by atoms with Gasteiger partial charge in [0.15, 0.2) is 5.78 Å². The molecule has 1 aliphatic rings. The molecule has 1 unspecified atom stereocenters. The van der Waals surface area contributed by atoms with E-state index < -0.39 is 0 Å². The van der Waals surface area contributed by atoms with E-state index in [0.717, 1.165) is 24.2 Å². The molecule has 0 N–H and O–H groups in total. The van der Waals surface area contributed by atoms with Crippen molar-refractivity contribution in [1.82, 2.24) is 14.9 Å². The smallest absolute Gasteiger partial charge is 0.317 e. The van der Waals surface area contributed by atoms with Crippen LogP contribution in [0.15, 0.2) is 36.4 Å². The van der Waals surface area contributed by atoms with Crippen LogP contribution in [0.25, 0.3) is 0 Å². The molecule has 142 valence electrons. The van der Waals surface area contributed by atoms with E-state index in [-0.39, 0.29) is 30.6 Å². The number of piperidine rings is 1. The zero-order valence-corrected chi connectivity index (χ0v) is 15.9.